The van der Waals surface area contributed by atoms with Crippen LogP contribution in [-0.2, 0) is 23.8 Å². The summed E-state index contributed by atoms with van der Waals surface area (Å²) in [5.41, 5.74) is 0. The lowest BCUT2D eigenvalue weighted by molar-refractivity contribution is -0.305. The molecule has 6 N–H and O–H groups in total. The van der Waals surface area contributed by atoms with E-state index in [2.05, 4.69) is 74.7 Å². The summed E-state index contributed by atoms with van der Waals surface area (Å²) in [6.45, 7) is 5.59. The maximum Gasteiger partial charge on any atom is 0.306 e. The summed E-state index contributed by atoms with van der Waals surface area (Å²) in [7, 11) is 0. The average molecular weight is 1120 g/mol. The minimum atomic E-state index is -1.64. The SMILES string of the molecule is CC/C=C/C=C/C=C\C=C/C=C/CCCCCC(=O)OC1C(OCC(NC(=O)C(O)CCCCCCCCCCCCC/C=C\C/C=C\C/C=C\CCCCC)C(O)/C=C/CCCCCCCCCCCC)OC(CO)C(O)C1O. The van der Waals surface area contributed by atoms with E-state index in [1.165, 1.54) is 116 Å². The molecule has 1 rings (SSSR count). The van der Waals surface area contributed by atoms with Crippen molar-refractivity contribution in [3.63, 3.8) is 0 Å². The van der Waals surface area contributed by atoms with Crippen molar-refractivity contribution < 1.29 is 49.3 Å². The van der Waals surface area contributed by atoms with Gasteiger partial charge in [0.1, 0.15) is 24.4 Å². The van der Waals surface area contributed by atoms with Crippen molar-refractivity contribution >= 4 is 11.9 Å². The third-order valence-corrected chi connectivity index (χ3v) is 14.5. The molecule has 1 fully saturated rings. The fraction of sp³-hybridized carbons (Fsp3) is 0.710. The number of amides is 1. The van der Waals surface area contributed by atoms with Gasteiger partial charge in [-0.25, -0.2) is 0 Å². The van der Waals surface area contributed by atoms with E-state index in [1.54, 1.807) is 6.08 Å². The largest absolute Gasteiger partial charge is 0.454 e. The van der Waals surface area contributed by atoms with Crippen LogP contribution in [0.1, 0.15) is 252 Å². The molecule has 1 aliphatic rings. The van der Waals surface area contributed by atoms with Gasteiger partial charge in [-0.05, 0) is 83.5 Å². The van der Waals surface area contributed by atoms with Crippen molar-refractivity contribution in [3.05, 3.63) is 109 Å². The minimum absolute atomic E-state index is 0.0692. The number of aliphatic hydroxyl groups is 5. The molecule has 80 heavy (non-hydrogen) atoms. The molecule has 11 heteroatoms. The van der Waals surface area contributed by atoms with E-state index in [-0.39, 0.29) is 19.4 Å². The average Bonchev–Trinajstić information content (AvgIpc) is 3.48. The van der Waals surface area contributed by atoms with E-state index in [0.29, 0.717) is 12.8 Å². The summed E-state index contributed by atoms with van der Waals surface area (Å²) >= 11 is 0. The number of esters is 1. The lowest BCUT2D eigenvalue weighted by Gasteiger charge is -2.41. The van der Waals surface area contributed by atoms with Crippen molar-refractivity contribution in [2.75, 3.05) is 13.2 Å². The Morgan fingerprint density at radius 1 is 0.512 bits per heavy atom. The Labute approximate surface area is 488 Å². The van der Waals surface area contributed by atoms with Gasteiger partial charge in [-0.3, -0.25) is 9.59 Å². The maximum atomic E-state index is 13.5. The van der Waals surface area contributed by atoms with Crippen molar-refractivity contribution in [2.45, 2.75) is 301 Å². The van der Waals surface area contributed by atoms with E-state index in [4.69, 9.17) is 14.2 Å². The van der Waals surface area contributed by atoms with E-state index in [1.807, 2.05) is 54.7 Å². The molecule has 1 saturated heterocycles. The van der Waals surface area contributed by atoms with E-state index < -0.39 is 67.4 Å². The van der Waals surface area contributed by atoms with Crippen molar-refractivity contribution in [1.29, 1.82) is 0 Å². The molecule has 0 radical (unpaired) electrons. The molecular weight excluding hydrogens is 1000 g/mol. The maximum absolute atomic E-state index is 13.5. The number of nitrogens with one attached hydrogen (secondary N) is 1. The van der Waals surface area contributed by atoms with Crippen LogP contribution in [0.2, 0.25) is 0 Å². The Kier molecular flexibility index (Phi) is 51.9. The molecule has 11 nitrogen and oxygen atoms in total. The van der Waals surface area contributed by atoms with Gasteiger partial charge in [0, 0.05) is 6.42 Å². The second kappa shape index (κ2) is 55.8. The highest BCUT2D eigenvalue weighted by atomic mass is 16.7. The van der Waals surface area contributed by atoms with Gasteiger partial charge >= 0.3 is 5.97 Å². The Bertz CT molecular complexity index is 1710. The number of allylic oxidation sites excluding steroid dienone is 17. The van der Waals surface area contributed by atoms with Crippen LogP contribution in [0.3, 0.4) is 0 Å². The van der Waals surface area contributed by atoms with E-state index in [0.717, 1.165) is 89.9 Å². The summed E-state index contributed by atoms with van der Waals surface area (Å²) in [6, 6.07) is -1.04. The highest BCUT2D eigenvalue weighted by molar-refractivity contribution is 5.80. The normalized spacial score (nSPS) is 19.5. The van der Waals surface area contributed by atoms with Gasteiger partial charge in [0.15, 0.2) is 12.4 Å². The van der Waals surface area contributed by atoms with Gasteiger partial charge in [0.25, 0.3) is 0 Å². The van der Waals surface area contributed by atoms with Crippen LogP contribution < -0.4 is 5.32 Å². The molecule has 0 bridgehead atoms. The first kappa shape index (κ1) is 74.3. The van der Waals surface area contributed by atoms with Gasteiger partial charge in [-0.1, -0.05) is 271 Å². The van der Waals surface area contributed by atoms with Crippen LogP contribution in [0.5, 0.6) is 0 Å². The van der Waals surface area contributed by atoms with Gasteiger partial charge in [-0.15, -0.1) is 0 Å². The van der Waals surface area contributed by atoms with Gasteiger partial charge in [-0.2, -0.15) is 0 Å². The molecule has 8 atom stereocenters. The zero-order valence-corrected chi connectivity index (χ0v) is 50.7. The third kappa shape index (κ3) is 43.1. The zero-order valence-electron chi connectivity index (χ0n) is 50.7. The highest BCUT2D eigenvalue weighted by Crippen LogP contribution is 2.26. The Morgan fingerprint density at radius 3 is 1.49 bits per heavy atom. The summed E-state index contributed by atoms with van der Waals surface area (Å²) in [5.74, 6) is -1.25. The smallest absolute Gasteiger partial charge is 0.306 e. The Balaban J connectivity index is 2.65. The zero-order chi connectivity index (χ0) is 58.2. The van der Waals surface area contributed by atoms with Crippen LogP contribution in [-0.4, -0.2) is 99.6 Å². The molecule has 8 unspecified atom stereocenters. The number of hydrogen-bond donors (Lipinski definition) is 6. The molecule has 1 heterocycles. The van der Waals surface area contributed by atoms with Crippen LogP contribution in [0.25, 0.3) is 0 Å². The molecule has 0 aromatic carbocycles. The van der Waals surface area contributed by atoms with E-state index in [9.17, 15) is 35.1 Å². The van der Waals surface area contributed by atoms with E-state index >= 15 is 0 Å². The molecule has 0 aliphatic carbocycles. The summed E-state index contributed by atoms with van der Waals surface area (Å²) < 4.78 is 17.6. The molecule has 0 spiro atoms. The number of ether oxygens (including phenoxy) is 3. The monoisotopic (exact) mass is 1120 g/mol. The molecular formula is C69H117NO10. The molecule has 1 aliphatic heterocycles. The van der Waals surface area contributed by atoms with Crippen LogP contribution in [0.4, 0.5) is 0 Å². The van der Waals surface area contributed by atoms with Crippen molar-refractivity contribution in [3.8, 4) is 0 Å². The molecule has 1 amide bonds. The van der Waals surface area contributed by atoms with Crippen LogP contribution in [0.15, 0.2) is 109 Å². The number of hydrogen-bond acceptors (Lipinski definition) is 10. The van der Waals surface area contributed by atoms with Crippen LogP contribution in [0, 0.1) is 0 Å². The first-order chi connectivity index (χ1) is 39.2. The number of rotatable bonds is 53. The lowest BCUT2D eigenvalue weighted by Crippen LogP contribution is -2.61. The number of aliphatic hydroxyl groups excluding tert-OH is 5. The predicted octanol–water partition coefficient (Wildman–Crippen LogP) is 15.7. The first-order valence-corrected chi connectivity index (χ1v) is 32.2. The first-order valence-electron chi connectivity index (χ1n) is 32.2. The Morgan fingerprint density at radius 2 is 0.950 bits per heavy atom. The molecule has 0 aromatic heterocycles. The fourth-order valence-electron chi connectivity index (χ4n) is 9.44. The lowest BCUT2D eigenvalue weighted by atomic mass is 9.99. The standard InChI is InChI=1S/C69H117NO10/c1-4-7-10-13-16-19-22-25-27-28-29-30-31-32-33-34-35-37-38-41-44-47-50-53-56-62(73)68(77)70-60(61(72)55-52-49-46-43-40-24-21-18-15-12-9-6-3)59-78-69-67(66(76)65(75)63(58-71)79-69)80-64(74)57-54-51-48-45-42-39-36-26-23-20-17-14-11-8-5-2/h8,11,14,16-17,19-20,23,25-27,29-30,36,39,42,52,55,60-63,65-67,69,71-73,75-76H,4-7,9-10,12-13,15,18,21-22,24,28,31-35,37-38,40-41,43-51,53-54,56-59H2,1-3H3,(H,70,77)/b11-8+,17-14+,19-16-,23-20-,27-25-,30-29-,36-26-,42-39+,55-52+. The molecule has 0 saturated carbocycles. The number of carbonyl (C=O) groups excluding carboxylic acids is 2. The summed E-state index contributed by atoms with van der Waals surface area (Å²) in [4.78, 5) is 26.6. The Hall–Kier alpha value is -3.68. The quantitative estimate of drug-likeness (QED) is 0.0149. The second-order valence-electron chi connectivity index (χ2n) is 21.9. The van der Waals surface area contributed by atoms with Gasteiger partial charge in [0.05, 0.1) is 25.4 Å². The third-order valence-electron chi connectivity index (χ3n) is 14.5. The predicted molar refractivity (Wildman–Crippen MR) is 333 cm³/mol. The van der Waals surface area contributed by atoms with Crippen molar-refractivity contribution in [2.24, 2.45) is 0 Å². The number of unbranched alkanes of at least 4 members (excludes halogenated alkanes) is 27. The topological polar surface area (TPSA) is 175 Å². The van der Waals surface area contributed by atoms with Crippen LogP contribution >= 0.6 is 0 Å². The molecule has 458 valence electrons. The second-order valence-corrected chi connectivity index (χ2v) is 21.9. The highest BCUT2D eigenvalue weighted by Gasteiger charge is 2.47. The van der Waals surface area contributed by atoms with Gasteiger partial charge in [0.2, 0.25) is 5.91 Å². The number of carbonyl (C=O) groups is 2. The fourth-order valence-corrected chi connectivity index (χ4v) is 9.44. The summed E-state index contributed by atoms with van der Waals surface area (Å²) in [5, 5.41) is 57.0. The molecule has 0 aromatic rings. The van der Waals surface area contributed by atoms with Gasteiger partial charge < -0.3 is 45.1 Å². The minimum Gasteiger partial charge on any atom is -0.454 e. The van der Waals surface area contributed by atoms with Crippen molar-refractivity contribution in [1.82, 2.24) is 5.32 Å². The summed E-state index contributed by atoms with van der Waals surface area (Å²) in [6.07, 6.45) is 65.6.